The van der Waals surface area contributed by atoms with Gasteiger partial charge in [0.25, 0.3) is 0 Å². The number of halogens is 4. The van der Waals surface area contributed by atoms with E-state index >= 15 is 13.6 Å². The lowest BCUT2D eigenvalue weighted by molar-refractivity contribution is -0.126. The molecule has 2 fully saturated rings. The molecule has 2 amide bonds. The average molecular weight is 793 g/mol. The van der Waals surface area contributed by atoms with Crippen molar-refractivity contribution in [3.05, 3.63) is 143 Å². The Labute approximate surface area is 333 Å². The fourth-order valence-corrected chi connectivity index (χ4v) is 8.62. The Kier molecular flexibility index (Phi) is 10.4. The highest BCUT2D eigenvalue weighted by Gasteiger charge is 2.62. The van der Waals surface area contributed by atoms with Crippen molar-refractivity contribution < 1.29 is 22.4 Å². The first kappa shape index (κ1) is 38.9. The zero-order valence-corrected chi connectivity index (χ0v) is 32.6. The molecule has 0 radical (unpaired) electrons. The quantitative estimate of drug-likeness (QED) is 0.136. The highest BCUT2D eigenvalue weighted by molar-refractivity contribution is 5.79. The molecule has 15 heteroatoms. The third-order valence-corrected chi connectivity index (χ3v) is 11.6. The number of urea groups is 1. The van der Waals surface area contributed by atoms with Crippen molar-refractivity contribution in [3.8, 4) is 22.5 Å². The van der Waals surface area contributed by atoms with Crippen molar-refractivity contribution in [2.24, 2.45) is 25.9 Å². The van der Waals surface area contributed by atoms with Crippen LogP contribution in [0.3, 0.4) is 0 Å². The van der Waals surface area contributed by atoms with E-state index in [4.69, 9.17) is 0 Å². The maximum absolute atomic E-state index is 16.1. The van der Waals surface area contributed by atoms with Crippen LogP contribution in [0, 0.1) is 35.1 Å². The van der Waals surface area contributed by atoms with Crippen LogP contribution in [-0.2, 0) is 38.3 Å². The number of pyridine rings is 2. The van der Waals surface area contributed by atoms with Crippen molar-refractivity contribution in [2.45, 2.75) is 38.0 Å². The fraction of sp³-hybridized carbons (Fsp3) is 0.326. The number of carbonyl (C=O) groups is 1. The number of carbonyl (C=O) groups excluding carboxylic acids is 1. The molecule has 2 aliphatic heterocycles. The van der Waals surface area contributed by atoms with E-state index in [1.165, 1.54) is 48.8 Å². The van der Waals surface area contributed by atoms with Crippen LogP contribution in [0.15, 0.2) is 97.8 Å². The van der Waals surface area contributed by atoms with Gasteiger partial charge in [0.05, 0.1) is 12.4 Å². The normalized spacial score (nSPS) is 21.5. The summed E-state index contributed by atoms with van der Waals surface area (Å²) in [7, 11) is 3.47. The number of rotatable bonds is 12. The largest absolute Gasteiger partial charge is 0.323 e. The minimum atomic E-state index is -1.22. The molecule has 58 heavy (non-hydrogen) atoms. The summed E-state index contributed by atoms with van der Waals surface area (Å²) in [5, 5.41) is 15.5. The number of hydrogen-bond acceptors (Lipinski definition) is 7. The Bertz CT molecular complexity index is 2300. The topological polar surface area (TPSA) is 109 Å². The average Bonchev–Trinajstić information content (AvgIpc) is 3.83. The number of nitrogens with zero attached hydrogens (tertiary/aromatic N) is 8. The van der Waals surface area contributed by atoms with Gasteiger partial charge in [-0.2, -0.15) is 10.2 Å². The fourth-order valence-electron chi connectivity index (χ4n) is 8.62. The highest BCUT2D eigenvalue weighted by Crippen LogP contribution is 2.49. The maximum atomic E-state index is 16.1. The summed E-state index contributed by atoms with van der Waals surface area (Å²) in [6.45, 7) is 5.23. The van der Waals surface area contributed by atoms with Gasteiger partial charge in [0.2, 0.25) is 0 Å². The second-order valence-electron chi connectivity index (χ2n) is 15.4. The summed E-state index contributed by atoms with van der Waals surface area (Å²) >= 11 is 0. The zero-order chi connectivity index (χ0) is 40.8. The van der Waals surface area contributed by atoms with Gasteiger partial charge >= 0.3 is 6.03 Å². The standard InChI is InChI=1S/C43H44F4N10O/c1-27-23-56(42(27,50-13-11-29-7-5-9-35(44)15-29)33-17-37(46)39(48-21-33)31-19-52-54(3)25-31)41(58)57-24-28(2)43(57,51-14-12-30-8-6-10-36(45)16-30)34-18-38(47)40(49-22-34)32-20-53-55(4)26-32/h5-10,15-22,25-28,50-51H,11-14,23-24H2,1-4H3. The number of likely N-dealkylation sites (tertiary alicyclic amines) is 2. The molecule has 0 aliphatic carbocycles. The predicted octanol–water partition coefficient (Wildman–Crippen LogP) is 6.53. The van der Waals surface area contributed by atoms with E-state index in [1.54, 1.807) is 70.2 Å². The van der Waals surface area contributed by atoms with Gasteiger partial charge in [-0.1, -0.05) is 38.1 Å². The van der Waals surface area contributed by atoms with Gasteiger partial charge in [-0.15, -0.1) is 0 Å². The number of nitrogens with one attached hydrogen (secondary N) is 2. The molecule has 0 bridgehead atoms. The Morgan fingerprint density at radius 1 is 0.672 bits per heavy atom. The van der Waals surface area contributed by atoms with E-state index in [2.05, 4.69) is 30.8 Å². The van der Waals surface area contributed by atoms with Crippen molar-refractivity contribution in [3.63, 3.8) is 0 Å². The zero-order valence-electron chi connectivity index (χ0n) is 32.6. The molecule has 4 aromatic heterocycles. The van der Waals surface area contributed by atoms with Crippen LogP contribution in [-0.4, -0.2) is 71.5 Å². The number of aromatic nitrogens is 6. The van der Waals surface area contributed by atoms with Gasteiger partial charge in [-0.25, -0.2) is 22.4 Å². The first-order valence-electron chi connectivity index (χ1n) is 19.3. The Morgan fingerprint density at radius 2 is 1.10 bits per heavy atom. The summed E-state index contributed by atoms with van der Waals surface area (Å²) in [6, 6.07) is 15.1. The van der Waals surface area contributed by atoms with E-state index in [1.807, 2.05) is 26.0 Å². The third-order valence-electron chi connectivity index (χ3n) is 11.6. The number of hydrogen-bond donors (Lipinski definition) is 2. The van der Waals surface area contributed by atoms with Crippen LogP contribution in [0.2, 0.25) is 0 Å². The SMILES string of the molecule is CC1CN(C(=O)N2CC(C)C2(NCCc2cccc(F)c2)c2cnc(-c3cnn(C)c3)c(F)c2)C1(NCCc1cccc(F)c1)c1cnc(-c2cnn(C)c2)c(F)c1. The second kappa shape index (κ2) is 15.4. The minimum absolute atomic E-state index is 0.124. The van der Waals surface area contributed by atoms with Gasteiger partial charge in [0.1, 0.15) is 46.0 Å². The van der Waals surface area contributed by atoms with E-state index in [9.17, 15) is 8.78 Å². The Hall–Kier alpha value is -5.93. The molecule has 300 valence electrons. The molecular formula is C43H44F4N10O. The smallest absolute Gasteiger partial charge is 0.301 e. The van der Waals surface area contributed by atoms with Crippen LogP contribution in [0.4, 0.5) is 22.4 Å². The summed E-state index contributed by atoms with van der Waals surface area (Å²) in [5.41, 5.74) is 1.22. The summed E-state index contributed by atoms with van der Waals surface area (Å²) < 4.78 is 63.6. The van der Waals surface area contributed by atoms with E-state index in [0.717, 1.165) is 11.1 Å². The van der Waals surface area contributed by atoms with Crippen LogP contribution in [0.1, 0.15) is 36.1 Å². The van der Waals surface area contributed by atoms with Gasteiger partial charge in [-0.05, 0) is 60.4 Å². The second-order valence-corrected chi connectivity index (χ2v) is 15.4. The summed E-state index contributed by atoms with van der Waals surface area (Å²) in [4.78, 5) is 27.6. The molecule has 11 nitrogen and oxygen atoms in total. The molecule has 4 atom stereocenters. The van der Waals surface area contributed by atoms with Crippen molar-refractivity contribution in [1.29, 1.82) is 0 Å². The molecule has 6 aromatic rings. The Morgan fingerprint density at radius 3 is 1.45 bits per heavy atom. The molecule has 2 saturated heterocycles. The van der Waals surface area contributed by atoms with Crippen molar-refractivity contribution in [1.82, 2.24) is 50.0 Å². The minimum Gasteiger partial charge on any atom is -0.301 e. The monoisotopic (exact) mass is 792 g/mol. The van der Waals surface area contributed by atoms with Crippen molar-refractivity contribution >= 4 is 6.03 Å². The molecule has 4 unspecified atom stereocenters. The molecule has 8 rings (SSSR count). The van der Waals surface area contributed by atoms with E-state index in [0.29, 0.717) is 61.3 Å². The van der Waals surface area contributed by atoms with Crippen LogP contribution < -0.4 is 10.6 Å². The predicted molar refractivity (Wildman–Crippen MR) is 209 cm³/mol. The first-order chi connectivity index (χ1) is 27.9. The molecule has 2 N–H and O–H groups in total. The van der Waals surface area contributed by atoms with Gasteiger partial charge in [-0.3, -0.25) is 30.0 Å². The number of benzene rings is 2. The highest BCUT2D eigenvalue weighted by atomic mass is 19.1. The summed E-state index contributed by atoms with van der Waals surface area (Å²) in [6.07, 6.45) is 10.4. The lowest BCUT2D eigenvalue weighted by Crippen LogP contribution is -2.80. The van der Waals surface area contributed by atoms with Crippen LogP contribution in [0.25, 0.3) is 22.5 Å². The van der Waals surface area contributed by atoms with Gasteiger partial charge in [0, 0.05) is 99.2 Å². The Balaban J connectivity index is 1.16. The molecule has 2 aromatic carbocycles. The molecule has 0 saturated carbocycles. The molecule has 0 spiro atoms. The van der Waals surface area contributed by atoms with Crippen LogP contribution in [0.5, 0.6) is 0 Å². The molecule has 2 aliphatic rings. The molecule has 6 heterocycles. The number of aryl methyl sites for hydroxylation is 2. The van der Waals surface area contributed by atoms with Gasteiger partial charge < -0.3 is 9.80 Å². The first-order valence-corrected chi connectivity index (χ1v) is 19.3. The van der Waals surface area contributed by atoms with E-state index < -0.39 is 23.0 Å². The lowest BCUT2D eigenvalue weighted by Gasteiger charge is -2.64. The summed E-state index contributed by atoms with van der Waals surface area (Å²) in [5.74, 6) is -2.28. The van der Waals surface area contributed by atoms with Crippen molar-refractivity contribution in [2.75, 3.05) is 26.2 Å². The van der Waals surface area contributed by atoms with Crippen LogP contribution >= 0.6 is 0 Å². The maximum Gasteiger partial charge on any atom is 0.323 e. The lowest BCUT2D eigenvalue weighted by atomic mass is 9.75. The number of amides is 2. The van der Waals surface area contributed by atoms with Gasteiger partial charge in [0.15, 0.2) is 0 Å². The van der Waals surface area contributed by atoms with E-state index in [-0.39, 0.29) is 40.9 Å². The molecular weight excluding hydrogens is 749 g/mol. The third kappa shape index (κ3) is 6.91.